The Bertz CT molecular complexity index is 154. The minimum Gasteiger partial charge on any atom is -0.383 e. The lowest BCUT2D eigenvalue weighted by atomic mass is 9.79. The van der Waals surface area contributed by atoms with Crippen molar-refractivity contribution in [3.8, 4) is 0 Å². The van der Waals surface area contributed by atoms with Crippen LogP contribution in [0.1, 0.15) is 40.0 Å². The monoisotopic (exact) mass is 185 g/mol. The fourth-order valence-electron chi connectivity index (χ4n) is 2.49. The molecule has 1 aliphatic heterocycles. The molecule has 0 spiro atoms. The molecule has 0 radical (unpaired) electrons. The van der Waals surface area contributed by atoms with Gasteiger partial charge in [-0.25, -0.2) is 0 Å². The Labute approximate surface area is 82.0 Å². The minimum atomic E-state index is 0.257. The van der Waals surface area contributed by atoms with Gasteiger partial charge in [0.2, 0.25) is 0 Å². The van der Waals surface area contributed by atoms with E-state index in [-0.39, 0.29) is 5.54 Å². The lowest BCUT2D eigenvalue weighted by Crippen LogP contribution is -2.46. The molecule has 1 heterocycles. The van der Waals surface area contributed by atoms with Gasteiger partial charge in [0.1, 0.15) is 0 Å². The van der Waals surface area contributed by atoms with Crippen LogP contribution < -0.4 is 5.32 Å². The molecule has 1 unspecified atom stereocenters. The van der Waals surface area contributed by atoms with Gasteiger partial charge in [-0.3, -0.25) is 0 Å². The van der Waals surface area contributed by atoms with E-state index in [4.69, 9.17) is 4.74 Å². The molecule has 78 valence electrons. The Morgan fingerprint density at radius 3 is 2.46 bits per heavy atom. The lowest BCUT2D eigenvalue weighted by molar-refractivity contribution is 0.0906. The molecule has 0 bridgehead atoms. The quantitative estimate of drug-likeness (QED) is 0.727. The number of rotatable bonds is 3. The largest absolute Gasteiger partial charge is 0.383 e. The maximum absolute atomic E-state index is 5.31. The smallest absolute Gasteiger partial charge is 0.0644 e. The molecule has 1 saturated heterocycles. The third-order valence-corrected chi connectivity index (χ3v) is 2.62. The highest BCUT2D eigenvalue weighted by Crippen LogP contribution is 2.33. The van der Waals surface area contributed by atoms with E-state index >= 15 is 0 Å². The first-order valence-corrected chi connectivity index (χ1v) is 5.21. The standard InChI is InChI=1S/C11H23NO/c1-10(2,3)8-11(9-13-4)6-5-7-12-11/h12H,5-9H2,1-4H3. The molecule has 1 fully saturated rings. The van der Waals surface area contributed by atoms with Crippen molar-refractivity contribution in [3.05, 3.63) is 0 Å². The van der Waals surface area contributed by atoms with Crippen LogP contribution in [0.2, 0.25) is 0 Å². The van der Waals surface area contributed by atoms with Crippen molar-refractivity contribution >= 4 is 0 Å². The molecule has 2 nitrogen and oxygen atoms in total. The van der Waals surface area contributed by atoms with E-state index in [1.807, 2.05) is 0 Å². The summed E-state index contributed by atoms with van der Waals surface area (Å²) in [6, 6.07) is 0. The molecule has 0 amide bonds. The van der Waals surface area contributed by atoms with E-state index in [0.29, 0.717) is 5.41 Å². The van der Waals surface area contributed by atoms with Crippen LogP contribution in [0, 0.1) is 5.41 Å². The second kappa shape index (κ2) is 3.97. The Kier molecular flexibility index (Phi) is 3.36. The molecule has 0 aliphatic carbocycles. The van der Waals surface area contributed by atoms with Crippen LogP contribution in [0.15, 0.2) is 0 Å². The van der Waals surface area contributed by atoms with E-state index in [1.165, 1.54) is 19.3 Å². The zero-order chi connectivity index (χ0) is 9.95. The van der Waals surface area contributed by atoms with E-state index in [0.717, 1.165) is 13.2 Å². The third-order valence-electron chi connectivity index (χ3n) is 2.62. The normalized spacial score (nSPS) is 29.5. The number of methoxy groups -OCH3 is 1. The molecule has 13 heavy (non-hydrogen) atoms. The highest BCUT2D eigenvalue weighted by Gasteiger charge is 2.36. The van der Waals surface area contributed by atoms with Crippen molar-refractivity contribution in [1.29, 1.82) is 0 Å². The third kappa shape index (κ3) is 3.28. The van der Waals surface area contributed by atoms with Gasteiger partial charge < -0.3 is 10.1 Å². The summed E-state index contributed by atoms with van der Waals surface area (Å²) in [6.07, 6.45) is 3.76. The summed E-state index contributed by atoms with van der Waals surface area (Å²) in [4.78, 5) is 0. The van der Waals surface area contributed by atoms with Crippen molar-refractivity contribution in [2.24, 2.45) is 5.41 Å². The number of hydrogen-bond acceptors (Lipinski definition) is 2. The Morgan fingerprint density at radius 1 is 1.38 bits per heavy atom. The van der Waals surface area contributed by atoms with E-state index < -0.39 is 0 Å². The summed E-state index contributed by atoms with van der Waals surface area (Å²) >= 11 is 0. The molecule has 1 atom stereocenters. The van der Waals surface area contributed by atoms with Gasteiger partial charge in [0.25, 0.3) is 0 Å². The Hall–Kier alpha value is -0.0800. The van der Waals surface area contributed by atoms with Crippen LogP contribution in [0.3, 0.4) is 0 Å². The average molecular weight is 185 g/mol. The SMILES string of the molecule is COCC1(CC(C)(C)C)CCCN1. The number of nitrogens with one attached hydrogen (secondary N) is 1. The molecule has 1 rings (SSSR count). The molecular formula is C11H23NO. The van der Waals surface area contributed by atoms with Gasteiger partial charge in [0.15, 0.2) is 0 Å². The summed E-state index contributed by atoms with van der Waals surface area (Å²) in [5.41, 5.74) is 0.642. The van der Waals surface area contributed by atoms with Gasteiger partial charge in [-0.15, -0.1) is 0 Å². The summed E-state index contributed by atoms with van der Waals surface area (Å²) in [5.74, 6) is 0. The molecule has 2 heteroatoms. The predicted molar refractivity (Wildman–Crippen MR) is 55.9 cm³/mol. The minimum absolute atomic E-state index is 0.257. The second-order valence-corrected chi connectivity index (χ2v) is 5.48. The van der Waals surface area contributed by atoms with Gasteiger partial charge in [-0.1, -0.05) is 20.8 Å². The van der Waals surface area contributed by atoms with Gasteiger partial charge in [0, 0.05) is 12.6 Å². The van der Waals surface area contributed by atoms with E-state index in [2.05, 4.69) is 26.1 Å². The van der Waals surface area contributed by atoms with Crippen molar-refractivity contribution < 1.29 is 4.74 Å². The number of hydrogen-bond donors (Lipinski definition) is 1. The topological polar surface area (TPSA) is 21.3 Å². The highest BCUT2D eigenvalue weighted by atomic mass is 16.5. The summed E-state index contributed by atoms with van der Waals surface area (Å²) < 4.78 is 5.31. The van der Waals surface area contributed by atoms with Crippen LogP contribution in [0.25, 0.3) is 0 Å². The van der Waals surface area contributed by atoms with Crippen LogP contribution >= 0.6 is 0 Å². The average Bonchev–Trinajstić information content (AvgIpc) is 2.33. The van der Waals surface area contributed by atoms with Crippen LogP contribution in [0.5, 0.6) is 0 Å². The maximum atomic E-state index is 5.31. The molecule has 1 N–H and O–H groups in total. The first-order chi connectivity index (χ1) is 5.97. The highest BCUT2D eigenvalue weighted by molar-refractivity contribution is 4.95. The first kappa shape index (κ1) is 11.0. The number of ether oxygens (including phenoxy) is 1. The summed E-state index contributed by atoms with van der Waals surface area (Å²) in [6.45, 7) is 8.89. The van der Waals surface area contributed by atoms with Gasteiger partial charge in [0.05, 0.1) is 6.61 Å². The predicted octanol–water partition coefficient (Wildman–Crippen LogP) is 2.19. The van der Waals surface area contributed by atoms with E-state index in [1.54, 1.807) is 7.11 Å². The molecule has 1 aliphatic rings. The van der Waals surface area contributed by atoms with Crippen LogP contribution in [-0.2, 0) is 4.74 Å². The second-order valence-electron chi connectivity index (χ2n) is 5.48. The Balaban J connectivity index is 2.56. The fraction of sp³-hybridized carbons (Fsp3) is 1.00. The first-order valence-electron chi connectivity index (χ1n) is 5.21. The lowest BCUT2D eigenvalue weighted by Gasteiger charge is -2.35. The van der Waals surface area contributed by atoms with E-state index in [9.17, 15) is 0 Å². The maximum Gasteiger partial charge on any atom is 0.0644 e. The molecule has 0 aromatic carbocycles. The molecular weight excluding hydrogens is 162 g/mol. The zero-order valence-corrected chi connectivity index (χ0v) is 9.44. The van der Waals surface area contributed by atoms with Crippen LogP contribution in [0.4, 0.5) is 0 Å². The molecule has 0 aromatic heterocycles. The van der Waals surface area contributed by atoms with Crippen molar-refractivity contribution in [1.82, 2.24) is 5.32 Å². The fourth-order valence-corrected chi connectivity index (χ4v) is 2.49. The van der Waals surface area contributed by atoms with Crippen LogP contribution in [-0.4, -0.2) is 25.8 Å². The zero-order valence-electron chi connectivity index (χ0n) is 9.44. The van der Waals surface area contributed by atoms with Crippen molar-refractivity contribution in [2.75, 3.05) is 20.3 Å². The van der Waals surface area contributed by atoms with Crippen molar-refractivity contribution in [3.63, 3.8) is 0 Å². The van der Waals surface area contributed by atoms with Gasteiger partial charge in [-0.2, -0.15) is 0 Å². The van der Waals surface area contributed by atoms with Gasteiger partial charge in [-0.05, 0) is 31.2 Å². The summed E-state index contributed by atoms with van der Waals surface area (Å²) in [5, 5.41) is 3.60. The van der Waals surface area contributed by atoms with Gasteiger partial charge >= 0.3 is 0 Å². The van der Waals surface area contributed by atoms with Crippen molar-refractivity contribution in [2.45, 2.75) is 45.6 Å². The Morgan fingerprint density at radius 2 is 2.08 bits per heavy atom. The molecule has 0 aromatic rings. The molecule has 0 saturated carbocycles. The summed E-state index contributed by atoms with van der Waals surface area (Å²) in [7, 11) is 1.80.